The SMILES string of the molecule is O=C(NCc1cc(F)cc(-c2cnc(C(F)(F)F)nc2)c1)[C@]12C[C@H]1CCN2S(=O)(=O)c1ccc(F)cc1. The van der Waals surface area contributed by atoms with Crippen molar-refractivity contribution < 1.29 is 35.2 Å². The van der Waals surface area contributed by atoms with Gasteiger partial charge in [-0.3, -0.25) is 4.79 Å². The number of benzene rings is 2. The molecule has 0 unspecified atom stereocenters. The molecule has 2 aliphatic rings. The fraction of sp³-hybridized carbons (Fsp3) is 0.292. The van der Waals surface area contributed by atoms with E-state index in [4.69, 9.17) is 0 Å². The molecule has 1 aliphatic heterocycles. The van der Waals surface area contributed by atoms with Gasteiger partial charge in [0, 0.05) is 31.0 Å². The number of sulfonamides is 1. The summed E-state index contributed by atoms with van der Waals surface area (Å²) in [6.45, 7) is -0.0141. The molecule has 7 nitrogen and oxygen atoms in total. The molecular weight excluding hydrogens is 519 g/mol. The number of nitrogens with one attached hydrogen (secondary N) is 1. The number of alkyl halides is 3. The minimum absolute atomic E-state index is 0.123. The number of halogens is 5. The molecule has 1 aliphatic carbocycles. The van der Waals surface area contributed by atoms with Crippen LogP contribution >= 0.6 is 0 Å². The molecule has 194 valence electrons. The lowest BCUT2D eigenvalue weighted by Gasteiger charge is -2.27. The third-order valence-corrected chi connectivity index (χ3v) is 8.60. The van der Waals surface area contributed by atoms with E-state index in [1.54, 1.807) is 0 Å². The van der Waals surface area contributed by atoms with Crippen LogP contribution in [0.15, 0.2) is 59.8 Å². The van der Waals surface area contributed by atoms with Crippen LogP contribution in [0, 0.1) is 17.6 Å². The van der Waals surface area contributed by atoms with Gasteiger partial charge in [-0.15, -0.1) is 0 Å². The molecule has 2 atom stereocenters. The summed E-state index contributed by atoms with van der Waals surface area (Å²) in [7, 11) is -4.06. The van der Waals surface area contributed by atoms with Crippen LogP contribution in [0.5, 0.6) is 0 Å². The van der Waals surface area contributed by atoms with E-state index in [1.165, 1.54) is 6.07 Å². The molecule has 1 aromatic heterocycles. The molecule has 5 rings (SSSR count). The average molecular weight is 538 g/mol. The maximum atomic E-state index is 14.3. The van der Waals surface area contributed by atoms with Crippen LogP contribution in [0.2, 0.25) is 0 Å². The van der Waals surface area contributed by atoms with E-state index in [1.807, 2.05) is 0 Å². The van der Waals surface area contributed by atoms with E-state index in [2.05, 4.69) is 15.3 Å². The zero-order chi connectivity index (χ0) is 26.6. The standard InChI is InChI=1S/C24H19F5N4O3S/c25-18-1-3-20(4-2-18)37(35,36)33-6-5-17-10-23(17,33)22(34)32-11-14-7-15(9-19(26)8-14)16-12-30-21(31-13-16)24(27,28)29/h1-4,7-9,12-13,17H,5-6,10-11H2,(H,32,34)/t17-,23+/m1/s1. The van der Waals surface area contributed by atoms with Crippen LogP contribution in [-0.4, -0.2) is 40.7 Å². The van der Waals surface area contributed by atoms with Gasteiger partial charge in [-0.2, -0.15) is 17.5 Å². The molecule has 1 saturated heterocycles. The van der Waals surface area contributed by atoms with E-state index < -0.39 is 45.1 Å². The third-order valence-electron chi connectivity index (χ3n) is 6.64. The minimum Gasteiger partial charge on any atom is -0.350 e. The van der Waals surface area contributed by atoms with Crippen molar-refractivity contribution in [2.75, 3.05) is 6.54 Å². The lowest BCUT2D eigenvalue weighted by Crippen LogP contribution is -2.50. The van der Waals surface area contributed by atoms with E-state index in [-0.39, 0.29) is 35.0 Å². The summed E-state index contributed by atoms with van der Waals surface area (Å²) in [5, 5.41) is 2.67. The number of fused-ring (bicyclic) bond motifs is 1. The van der Waals surface area contributed by atoms with E-state index in [9.17, 15) is 35.2 Å². The number of carbonyl (C=O) groups is 1. The molecule has 37 heavy (non-hydrogen) atoms. The van der Waals surface area contributed by atoms with Crippen LogP contribution in [0.4, 0.5) is 22.0 Å². The van der Waals surface area contributed by atoms with Gasteiger partial charge in [0.2, 0.25) is 21.8 Å². The highest BCUT2D eigenvalue weighted by Gasteiger charge is 2.70. The first-order chi connectivity index (χ1) is 17.4. The van der Waals surface area contributed by atoms with Gasteiger partial charge in [0.05, 0.1) is 4.90 Å². The number of amides is 1. The summed E-state index contributed by atoms with van der Waals surface area (Å²) in [5.41, 5.74) is -0.608. The van der Waals surface area contributed by atoms with Gasteiger partial charge >= 0.3 is 6.18 Å². The van der Waals surface area contributed by atoms with E-state index >= 15 is 0 Å². The Labute approximate surface area is 208 Å². The number of hydrogen-bond donors (Lipinski definition) is 1. The van der Waals surface area contributed by atoms with E-state index in [0.29, 0.717) is 18.4 Å². The Morgan fingerprint density at radius 3 is 2.32 bits per heavy atom. The Kier molecular flexibility index (Phi) is 6.02. The Bertz CT molecular complexity index is 1460. The zero-order valence-corrected chi connectivity index (χ0v) is 19.8. The molecule has 1 saturated carbocycles. The maximum absolute atomic E-state index is 14.3. The lowest BCUT2D eigenvalue weighted by atomic mass is 10.1. The number of carbonyl (C=O) groups excluding carboxylic acids is 1. The maximum Gasteiger partial charge on any atom is 0.451 e. The Hall–Kier alpha value is -3.45. The van der Waals surface area contributed by atoms with Crippen LogP contribution in [0.3, 0.4) is 0 Å². The van der Waals surface area contributed by atoms with Crippen LogP contribution in [0.1, 0.15) is 24.2 Å². The van der Waals surface area contributed by atoms with Crippen LogP contribution in [-0.2, 0) is 27.5 Å². The molecule has 0 spiro atoms. The van der Waals surface area contributed by atoms with Gasteiger partial charge < -0.3 is 5.32 Å². The molecule has 13 heteroatoms. The van der Waals surface area contributed by atoms with Crippen molar-refractivity contribution in [2.24, 2.45) is 5.92 Å². The molecule has 2 aromatic carbocycles. The zero-order valence-electron chi connectivity index (χ0n) is 19.0. The number of piperidine rings is 1. The van der Waals surface area contributed by atoms with E-state index in [0.717, 1.165) is 53.1 Å². The summed E-state index contributed by atoms with van der Waals surface area (Å²) in [6.07, 6.45) is -2.04. The first-order valence-electron chi connectivity index (χ1n) is 11.2. The van der Waals surface area contributed by atoms with Gasteiger partial charge in [-0.05, 0) is 72.4 Å². The number of hydrogen-bond acceptors (Lipinski definition) is 5. The predicted molar refractivity (Wildman–Crippen MR) is 120 cm³/mol. The monoisotopic (exact) mass is 538 g/mol. The number of rotatable bonds is 6. The summed E-state index contributed by atoms with van der Waals surface area (Å²) in [6, 6.07) is 8.07. The molecule has 1 amide bonds. The Morgan fingerprint density at radius 1 is 1.03 bits per heavy atom. The van der Waals surface area contributed by atoms with Crippen molar-refractivity contribution in [3.05, 3.63) is 77.9 Å². The largest absolute Gasteiger partial charge is 0.451 e. The fourth-order valence-electron chi connectivity index (χ4n) is 4.77. The third kappa shape index (κ3) is 4.57. The minimum atomic E-state index is -4.71. The predicted octanol–water partition coefficient (Wildman–Crippen LogP) is 3.91. The van der Waals surface area contributed by atoms with Crippen molar-refractivity contribution >= 4 is 15.9 Å². The van der Waals surface area contributed by atoms with Crippen molar-refractivity contribution in [1.29, 1.82) is 0 Å². The highest BCUT2D eigenvalue weighted by Crippen LogP contribution is 2.57. The summed E-state index contributed by atoms with van der Waals surface area (Å²) in [5.74, 6) is -3.31. The second-order valence-corrected chi connectivity index (χ2v) is 10.8. The summed E-state index contributed by atoms with van der Waals surface area (Å²) >= 11 is 0. The quantitative estimate of drug-likeness (QED) is 0.481. The van der Waals surface area contributed by atoms with Gasteiger partial charge in [-0.1, -0.05) is 0 Å². The fourth-order valence-corrected chi connectivity index (χ4v) is 6.59. The highest BCUT2D eigenvalue weighted by molar-refractivity contribution is 7.89. The normalized spacial score (nSPS) is 21.5. The van der Waals surface area contributed by atoms with Gasteiger partial charge in [-0.25, -0.2) is 27.2 Å². The first kappa shape index (κ1) is 25.2. The number of nitrogens with zero attached hydrogens (tertiary/aromatic N) is 3. The molecule has 3 aromatic rings. The second-order valence-electron chi connectivity index (χ2n) is 8.97. The van der Waals surface area contributed by atoms with Crippen LogP contribution in [0.25, 0.3) is 11.1 Å². The van der Waals surface area contributed by atoms with Gasteiger partial charge in [0.1, 0.15) is 17.2 Å². The van der Waals surface area contributed by atoms with Gasteiger partial charge in [0.25, 0.3) is 0 Å². The number of aromatic nitrogens is 2. The second kappa shape index (κ2) is 8.84. The van der Waals surface area contributed by atoms with Crippen molar-refractivity contribution in [1.82, 2.24) is 19.6 Å². The molecule has 0 radical (unpaired) electrons. The van der Waals surface area contributed by atoms with Gasteiger partial charge in [0.15, 0.2) is 0 Å². The van der Waals surface area contributed by atoms with Crippen molar-refractivity contribution in [3.8, 4) is 11.1 Å². The first-order valence-corrected chi connectivity index (χ1v) is 12.6. The summed E-state index contributed by atoms with van der Waals surface area (Å²) in [4.78, 5) is 19.6. The highest BCUT2D eigenvalue weighted by atomic mass is 32.2. The molecule has 1 N–H and O–H groups in total. The molecule has 2 heterocycles. The molecule has 2 fully saturated rings. The smallest absolute Gasteiger partial charge is 0.350 e. The van der Waals surface area contributed by atoms with Crippen molar-refractivity contribution in [3.63, 3.8) is 0 Å². The molecule has 0 bridgehead atoms. The topological polar surface area (TPSA) is 92.3 Å². The van der Waals surface area contributed by atoms with Crippen LogP contribution < -0.4 is 5.32 Å². The molecular formula is C24H19F5N4O3S. The summed E-state index contributed by atoms with van der Waals surface area (Å²) < 4.78 is 93.2. The Balaban J connectivity index is 1.33. The van der Waals surface area contributed by atoms with Crippen molar-refractivity contribution in [2.45, 2.75) is 36.0 Å². The lowest BCUT2D eigenvalue weighted by molar-refractivity contribution is -0.145. The Morgan fingerprint density at radius 2 is 1.70 bits per heavy atom. The average Bonchev–Trinajstić information content (AvgIpc) is 3.45.